The van der Waals surface area contributed by atoms with Gasteiger partial charge in [-0.3, -0.25) is 0 Å². The topological polar surface area (TPSA) is 63.6 Å². The van der Waals surface area contributed by atoms with Crippen LogP contribution in [0.15, 0.2) is 24.3 Å². The van der Waals surface area contributed by atoms with E-state index in [1.54, 1.807) is 0 Å². The van der Waals surface area contributed by atoms with Gasteiger partial charge in [-0.25, -0.2) is 9.59 Å². The Morgan fingerprint density at radius 1 is 1.20 bits per heavy atom. The van der Waals surface area contributed by atoms with Gasteiger partial charge in [0.1, 0.15) is 5.60 Å². The molecule has 20 heavy (non-hydrogen) atoms. The van der Waals surface area contributed by atoms with Gasteiger partial charge in [-0.2, -0.15) is 0 Å². The first kappa shape index (κ1) is 14.6. The van der Waals surface area contributed by atoms with Gasteiger partial charge in [-0.05, 0) is 56.4 Å². The Balaban J connectivity index is 2.09. The minimum Gasteiger partial charge on any atom is -0.478 e. The summed E-state index contributed by atoms with van der Waals surface area (Å²) < 4.78 is 5.69. The average molecular weight is 276 g/mol. The molecule has 1 aliphatic rings. The lowest BCUT2D eigenvalue weighted by molar-refractivity contribution is -0.0550. The molecule has 1 aliphatic carbocycles. The van der Waals surface area contributed by atoms with E-state index in [1.165, 1.54) is 30.7 Å². The molecule has 1 saturated carbocycles. The van der Waals surface area contributed by atoms with E-state index in [2.05, 4.69) is 6.92 Å². The summed E-state index contributed by atoms with van der Waals surface area (Å²) in [4.78, 5) is 23.0. The lowest BCUT2D eigenvalue weighted by Crippen LogP contribution is -2.40. The molecule has 0 aliphatic heterocycles. The number of carbonyl (C=O) groups excluding carboxylic acids is 1. The standard InChI is InChI=1S/C16H20O4/c1-11-5-3-4-10-16(11,2)20-15(19)13-8-6-12(7-9-13)14(17)18/h6-9,11H,3-5,10H2,1-2H3,(H,17,18). The molecule has 2 atom stereocenters. The van der Waals surface area contributed by atoms with Crippen molar-refractivity contribution in [3.8, 4) is 0 Å². The van der Waals surface area contributed by atoms with Gasteiger partial charge in [0, 0.05) is 0 Å². The highest BCUT2D eigenvalue weighted by atomic mass is 16.6. The zero-order valence-corrected chi connectivity index (χ0v) is 11.9. The summed E-state index contributed by atoms with van der Waals surface area (Å²) in [7, 11) is 0. The van der Waals surface area contributed by atoms with Crippen molar-refractivity contribution in [1.29, 1.82) is 0 Å². The molecule has 0 radical (unpaired) electrons. The maximum Gasteiger partial charge on any atom is 0.338 e. The normalized spacial score (nSPS) is 26.0. The summed E-state index contributed by atoms with van der Waals surface area (Å²) in [6.45, 7) is 4.10. The van der Waals surface area contributed by atoms with Crippen molar-refractivity contribution in [2.24, 2.45) is 5.92 Å². The second kappa shape index (κ2) is 5.65. The second-order valence-corrected chi connectivity index (χ2v) is 5.73. The number of esters is 1. The summed E-state index contributed by atoms with van der Waals surface area (Å²) in [5.74, 6) is -1.03. The second-order valence-electron chi connectivity index (χ2n) is 5.73. The molecule has 0 aromatic heterocycles. The zero-order chi connectivity index (χ0) is 14.8. The number of hydrogen-bond donors (Lipinski definition) is 1. The smallest absolute Gasteiger partial charge is 0.338 e. The van der Waals surface area contributed by atoms with E-state index in [0.717, 1.165) is 19.3 Å². The van der Waals surface area contributed by atoms with E-state index >= 15 is 0 Å². The van der Waals surface area contributed by atoms with Crippen LogP contribution in [0.2, 0.25) is 0 Å². The Morgan fingerprint density at radius 2 is 1.80 bits per heavy atom. The Labute approximate surface area is 118 Å². The summed E-state index contributed by atoms with van der Waals surface area (Å²) in [6, 6.07) is 5.85. The molecular formula is C16H20O4. The van der Waals surface area contributed by atoms with Gasteiger partial charge in [0.15, 0.2) is 0 Å². The SMILES string of the molecule is CC1CCCCC1(C)OC(=O)c1ccc(C(=O)O)cc1. The Bertz CT molecular complexity index is 506. The molecule has 4 heteroatoms. The Kier molecular flexibility index (Phi) is 4.12. The molecule has 0 saturated heterocycles. The van der Waals surface area contributed by atoms with E-state index in [4.69, 9.17) is 9.84 Å². The van der Waals surface area contributed by atoms with Crippen LogP contribution in [0.25, 0.3) is 0 Å². The van der Waals surface area contributed by atoms with Gasteiger partial charge in [-0.15, -0.1) is 0 Å². The molecule has 4 nitrogen and oxygen atoms in total. The highest BCUT2D eigenvalue weighted by Crippen LogP contribution is 2.36. The van der Waals surface area contributed by atoms with Crippen LogP contribution < -0.4 is 0 Å². The van der Waals surface area contributed by atoms with Gasteiger partial charge in [-0.1, -0.05) is 13.3 Å². The quantitative estimate of drug-likeness (QED) is 0.858. The van der Waals surface area contributed by atoms with Crippen molar-refractivity contribution >= 4 is 11.9 Å². The number of benzene rings is 1. The van der Waals surface area contributed by atoms with Gasteiger partial charge < -0.3 is 9.84 Å². The third-order valence-electron chi connectivity index (χ3n) is 4.30. The number of carboxylic acids is 1. The molecular weight excluding hydrogens is 256 g/mol. The fourth-order valence-electron chi connectivity index (χ4n) is 2.65. The number of hydrogen-bond acceptors (Lipinski definition) is 3. The molecule has 2 unspecified atom stereocenters. The molecule has 108 valence electrons. The van der Waals surface area contributed by atoms with Gasteiger partial charge in [0.2, 0.25) is 0 Å². The number of rotatable bonds is 3. The van der Waals surface area contributed by atoms with Gasteiger partial charge in [0.25, 0.3) is 0 Å². The minimum absolute atomic E-state index is 0.166. The number of aromatic carboxylic acids is 1. The molecule has 0 spiro atoms. The van der Waals surface area contributed by atoms with Crippen LogP contribution in [0.5, 0.6) is 0 Å². The van der Waals surface area contributed by atoms with E-state index in [9.17, 15) is 9.59 Å². The fraction of sp³-hybridized carbons (Fsp3) is 0.500. The van der Waals surface area contributed by atoms with Crippen molar-refractivity contribution in [2.45, 2.75) is 45.1 Å². The maximum atomic E-state index is 12.2. The molecule has 1 fully saturated rings. The van der Waals surface area contributed by atoms with E-state index in [1.807, 2.05) is 6.92 Å². The predicted octanol–water partition coefficient (Wildman–Crippen LogP) is 3.51. The number of ether oxygens (including phenoxy) is 1. The van der Waals surface area contributed by atoms with E-state index in [0.29, 0.717) is 11.5 Å². The summed E-state index contributed by atoms with van der Waals surface area (Å²) in [5.41, 5.74) is 0.147. The molecule has 1 aromatic rings. The molecule has 2 rings (SSSR count). The van der Waals surface area contributed by atoms with Crippen LogP contribution in [-0.2, 0) is 4.74 Å². The summed E-state index contributed by atoms with van der Waals surface area (Å²) >= 11 is 0. The Hall–Kier alpha value is -1.84. The van der Waals surface area contributed by atoms with Crippen LogP contribution in [0, 0.1) is 5.92 Å². The van der Waals surface area contributed by atoms with Crippen LogP contribution >= 0.6 is 0 Å². The molecule has 1 aromatic carbocycles. The summed E-state index contributed by atoms with van der Waals surface area (Å²) in [6.07, 6.45) is 4.21. The first-order valence-corrected chi connectivity index (χ1v) is 6.99. The molecule has 0 bridgehead atoms. The Morgan fingerprint density at radius 3 is 2.35 bits per heavy atom. The van der Waals surface area contributed by atoms with Crippen LogP contribution in [0.3, 0.4) is 0 Å². The lowest BCUT2D eigenvalue weighted by atomic mass is 9.77. The third kappa shape index (κ3) is 3.00. The van der Waals surface area contributed by atoms with Crippen LogP contribution in [-0.4, -0.2) is 22.6 Å². The number of carboxylic acid groups (broad SMARTS) is 1. The largest absolute Gasteiger partial charge is 0.478 e. The van der Waals surface area contributed by atoms with E-state index < -0.39 is 11.6 Å². The van der Waals surface area contributed by atoms with Crippen molar-refractivity contribution in [1.82, 2.24) is 0 Å². The monoisotopic (exact) mass is 276 g/mol. The third-order valence-corrected chi connectivity index (χ3v) is 4.30. The molecule has 0 heterocycles. The first-order chi connectivity index (χ1) is 9.42. The van der Waals surface area contributed by atoms with Crippen molar-refractivity contribution in [3.63, 3.8) is 0 Å². The fourth-order valence-corrected chi connectivity index (χ4v) is 2.65. The first-order valence-electron chi connectivity index (χ1n) is 6.99. The minimum atomic E-state index is -1.00. The lowest BCUT2D eigenvalue weighted by Gasteiger charge is -2.39. The average Bonchev–Trinajstić information content (AvgIpc) is 2.42. The van der Waals surface area contributed by atoms with Crippen LogP contribution in [0.1, 0.15) is 60.2 Å². The van der Waals surface area contributed by atoms with Crippen molar-refractivity contribution in [2.75, 3.05) is 0 Å². The zero-order valence-electron chi connectivity index (χ0n) is 11.9. The van der Waals surface area contributed by atoms with Gasteiger partial charge in [0.05, 0.1) is 11.1 Å². The van der Waals surface area contributed by atoms with Crippen molar-refractivity contribution in [3.05, 3.63) is 35.4 Å². The van der Waals surface area contributed by atoms with Gasteiger partial charge >= 0.3 is 11.9 Å². The predicted molar refractivity (Wildman–Crippen MR) is 74.9 cm³/mol. The van der Waals surface area contributed by atoms with E-state index in [-0.39, 0.29) is 11.5 Å². The highest BCUT2D eigenvalue weighted by Gasteiger charge is 2.37. The number of carbonyl (C=O) groups is 2. The van der Waals surface area contributed by atoms with Crippen molar-refractivity contribution < 1.29 is 19.4 Å². The molecule has 1 N–H and O–H groups in total. The van der Waals surface area contributed by atoms with Crippen LogP contribution in [0.4, 0.5) is 0 Å². The summed E-state index contributed by atoms with van der Waals surface area (Å²) in [5, 5.41) is 8.83. The maximum absolute atomic E-state index is 12.2. The molecule has 0 amide bonds. The highest BCUT2D eigenvalue weighted by molar-refractivity contribution is 5.92.